The van der Waals surface area contributed by atoms with Crippen molar-refractivity contribution in [2.24, 2.45) is 5.73 Å². The lowest BCUT2D eigenvalue weighted by Crippen LogP contribution is -2.50. The molecule has 2 heterocycles. The van der Waals surface area contributed by atoms with Crippen LogP contribution in [0.3, 0.4) is 0 Å². The van der Waals surface area contributed by atoms with Gasteiger partial charge in [0.05, 0.1) is 17.8 Å². The average Bonchev–Trinajstić information content (AvgIpc) is 2.55. The molecule has 0 aliphatic carbocycles. The minimum atomic E-state index is -0.657. The summed E-state index contributed by atoms with van der Waals surface area (Å²) in [6, 6.07) is 8.71. The van der Waals surface area contributed by atoms with E-state index in [0.29, 0.717) is 18.7 Å². The molecule has 0 saturated carbocycles. The highest BCUT2D eigenvalue weighted by atomic mass is 79.9. The van der Waals surface area contributed by atoms with Crippen molar-refractivity contribution in [1.82, 2.24) is 15.5 Å². The van der Waals surface area contributed by atoms with Gasteiger partial charge >= 0.3 is 0 Å². The summed E-state index contributed by atoms with van der Waals surface area (Å²) in [6.07, 6.45) is 2.66. The Morgan fingerprint density at radius 3 is 3.13 bits per heavy atom. The third kappa shape index (κ3) is 4.05. The quantitative estimate of drug-likeness (QED) is 0.837. The van der Waals surface area contributed by atoms with Crippen molar-refractivity contribution in [2.45, 2.75) is 24.9 Å². The molecular formula is C16H17BrN4O2. The first-order valence-electron chi connectivity index (χ1n) is 7.35. The number of hydrogen-bond acceptors (Lipinski definition) is 5. The van der Waals surface area contributed by atoms with Crippen molar-refractivity contribution >= 4 is 21.8 Å². The fourth-order valence-corrected chi connectivity index (χ4v) is 2.93. The van der Waals surface area contributed by atoms with Crippen molar-refractivity contribution in [3.63, 3.8) is 0 Å². The van der Waals surface area contributed by atoms with Gasteiger partial charge in [-0.15, -0.1) is 0 Å². The van der Waals surface area contributed by atoms with Gasteiger partial charge in [-0.05, 0) is 42.3 Å². The average molecular weight is 377 g/mol. The Kier molecular flexibility index (Phi) is 4.88. The zero-order chi connectivity index (χ0) is 16.2. The van der Waals surface area contributed by atoms with Gasteiger partial charge in [-0.3, -0.25) is 4.79 Å². The Bertz CT molecular complexity index is 696. The van der Waals surface area contributed by atoms with Crippen molar-refractivity contribution < 1.29 is 9.53 Å². The van der Waals surface area contributed by atoms with Crippen molar-refractivity contribution in [1.29, 1.82) is 0 Å². The van der Waals surface area contributed by atoms with E-state index in [1.54, 1.807) is 18.3 Å². The Hall–Kier alpha value is -1.99. The van der Waals surface area contributed by atoms with Crippen LogP contribution < -0.4 is 15.8 Å². The highest BCUT2D eigenvalue weighted by molar-refractivity contribution is 9.10. The van der Waals surface area contributed by atoms with E-state index in [2.05, 4.69) is 31.4 Å². The molecule has 23 heavy (non-hydrogen) atoms. The van der Waals surface area contributed by atoms with E-state index in [9.17, 15) is 4.79 Å². The van der Waals surface area contributed by atoms with Crippen LogP contribution in [-0.4, -0.2) is 34.8 Å². The lowest BCUT2D eigenvalue weighted by molar-refractivity contribution is -0.123. The van der Waals surface area contributed by atoms with E-state index in [1.165, 1.54) is 0 Å². The Balaban J connectivity index is 1.58. The normalized spacial score (nSPS) is 17.7. The van der Waals surface area contributed by atoms with Crippen LogP contribution in [0.1, 0.15) is 11.3 Å². The Morgan fingerprint density at radius 1 is 1.48 bits per heavy atom. The molecule has 3 N–H and O–H groups in total. The van der Waals surface area contributed by atoms with Crippen LogP contribution in [0.2, 0.25) is 0 Å². The molecule has 0 fully saturated rings. The number of nitrogens with two attached hydrogens (primary N) is 1. The molecule has 120 valence electrons. The molecule has 7 heteroatoms. The van der Waals surface area contributed by atoms with E-state index in [0.717, 1.165) is 22.2 Å². The number of nitrogens with one attached hydrogen (secondary N) is 1. The molecule has 2 atom stereocenters. The van der Waals surface area contributed by atoms with Gasteiger partial charge in [0.15, 0.2) is 0 Å². The first-order valence-corrected chi connectivity index (χ1v) is 8.15. The number of amides is 1. The maximum absolute atomic E-state index is 12.2. The summed E-state index contributed by atoms with van der Waals surface area (Å²) >= 11 is 3.45. The Morgan fingerprint density at radius 2 is 2.35 bits per heavy atom. The van der Waals surface area contributed by atoms with Crippen LogP contribution in [-0.2, 0) is 17.6 Å². The second-order valence-electron chi connectivity index (χ2n) is 5.50. The topological polar surface area (TPSA) is 90.1 Å². The molecule has 0 bridgehead atoms. The van der Waals surface area contributed by atoms with Crippen molar-refractivity contribution in [3.05, 3.63) is 52.3 Å². The van der Waals surface area contributed by atoms with Crippen LogP contribution in [0.5, 0.6) is 5.75 Å². The van der Waals surface area contributed by atoms with E-state index in [4.69, 9.17) is 10.5 Å². The van der Waals surface area contributed by atoms with Crippen LogP contribution in [0.4, 0.5) is 0 Å². The number of halogens is 1. The number of nitrogens with zero attached hydrogens (tertiary/aromatic N) is 2. The van der Waals surface area contributed by atoms with Crippen LogP contribution in [0.15, 0.2) is 41.0 Å². The largest absolute Gasteiger partial charge is 0.491 e. The molecule has 0 saturated heterocycles. The summed E-state index contributed by atoms with van der Waals surface area (Å²) < 4.78 is 6.68. The molecule has 1 aliphatic heterocycles. The third-order valence-electron chi connectivity index (χ3n) is 3.67. The molecule has 6 nitrogen and oxygen atoms in total. The second kappa shape index (κ2) is 7.06. The smallest absolute Gasteiger partial charge is 0.237 e. The maximum Gasteiger partial charge on any atom is 0.237 e. The standard InChI is InChI=1S/C16H17BrN4O2/c17-11-3-4-15-10(6-11)7-13(9-23-15)20-16(22)14(18)8-12-2-1-5-19-21-12/h1-6,13-14H,7-9,18H2,(H,20,22). The summed E-state index contributed by atoms with van der Waals surface area (Å²) in [5.41, 5.74) is 7.72. The number of ether oxygens (including phenoxy) is 1. The minimum absolute atomic E-state index is 0.0859. The van der Waals surface area contributed by atoms with Gasteiger partial charge in [0.2, 0.25) is 5.91 Å². The highest BCUT2D eigenvalue weighted by Gasteiger charge is 2.24. The SMILES string of the molecule is NC(Cc1cccnn1)C(=O)NC1COc2ccc(Br)cc2C1. The predicted molar refractivity (Wildman–Crippen MR) is 89.0 cm³/mol. The number of hydrogen-bond donors (Lipinski definition) is 2. The van der Waals surface area contributed by atoms with E-state index >= 15 is 0 Å². The lowest BCUT2D eigenvalue weighted by Gasteiger charge is -2.27. The maximum atomic E-state index is 12.2. The molecule has 3 rings (SSSR count). The minimum Gasteiger partial charge on any atom is -0.491 e. The summed E-state index contributed by atoms with van der Waals surface area (Å²) in [5, 5.41) is 10.7. The monoisotopic (exact) mass is 376 g/mol. The first kappa shape index (κ1) is 15.9. The van der Waals surface area contributed by atoms with Crippen LogP contribution >= 0.6 is 15.9 Å². The molecule has 1 aliphatic rings. The van der Waals surface area contributed by atoms with Gasteiger partial charge in [-0.2, -0.15) is 10.2 Å². The molecule has 2 unspecified atom stereocenters. The second-order valence-corrected chi connectivity index (χ2v) is 6.41. The number of carbonyl (C=O) groups excluding carboxylic acids is 1. The summed E-state index contributed by atoms with van der Waals surface area (Å²) in [6.45, 7) is 0.443. The number of carbonyl (C=O) groups is 1. The van der Waals surface area contributed by atoms with Gasteiger partial charge in [-0.25, -0.2) is 0 Å². The lowest BCUT2D eigenvalue weighted by atomic mass is 10.0. The van der Waals surface area contributed by atoms with Gasteiger partial charge in [0.1, 0.15) is 12.4 Å². The molecule has 2 aromatic rings. The van der Waals surface area contributed by atoms with Crippen molar-refractivity contribution in [2.75, 3.05) is 6.61 Å². The van der Waals surface area contributed by atoms with Crippen LogP contribution in [0, 0.1) is 0 Å². The number of rotatable bonds is 4. The first-order chi connectivity index (χ1) is 11.1. The summed E-state index contributed by atoms with van der Waals surface area (Å²) in [7, 11) is 0. The Labute approximate surface area is 142 Å². The van der Waals surface area contributed by atoms with E-state index in [-0.39, 0.29) is 11.9 Å². The van der Waals surface area contributed by atoms with Gasteiger partial charge in [0.25, 0.3) is 0 Å². The fourth-order valence-electron chi connectivity index (χ4n) is 2.52. The third-order valence-corrected chi connectivity index (χ3v) is 4.16. The zero-order valence-corrected chi connectivity index (χ0v) is 14.0. The van der Waals surface area contributed by atoms with Gasteiger partial charge in [0, 0.05) is 17.1 Å². The molecule has 1 aromatic carbocycles. The summed E-state index contributed by atoms with van der Waals surface area (Å²) in [5.74, 6) is 0.658. The molecular weight excluding hydrogens is 360 g/mol. The van der Waals surface area contributed by atoms with E-state index in [1.807, 2.05) is 18.2 Å². The molecule has 0 spiro atoms. The van der Waals surface area contributed by atoms with E-state index < -0.39 is 6.04 Å². The van der Waals surface area contributed by atoms with Crippen LogP contribution in [0.25, 0.3) is 0 Å². The van der Waals surface area contributed by atoms with Crippen molar-refractivity contribution in [3.8, 4) is 5.75 Å². The summed E-state index contributed by atoms with van der Waals surface area (Å²) in [4.78, 5) is 12.2. The molecule has 1 amide bonds. The number of fused-ring (bicyclic) bond motifs is 1. The predicted octanol–water partition coefficient (Wildman–Crippen LogP) is 1.23. The zero-order valence-electron chi connectivity index (χ0n) is 12.4. The highest BCUT2D eigenvalue weighted by Crippen LogP contribution is 2.27. The van der Waals surface area contributed by atoms with Gasteiger partial charge in [-0.1, -0.05) is 15.9 Å². The number of benzene rings is 1. The van der Waals surface area contributed by atoms with Gasteiger partial charge < -0.3 is 15.8 Å². The number of aromatic nitrogens is 2. The molecule has 1 aromatic heterocycles. The fraction of sp³-hybridized carbons (Fsp3) is 0.312. The molecule has 0 radical (unpaired) electrons.